The fraction of sp³-hybridized carbons (Fsp3) is 0.588. The highest BCUT2D eigenvalue weighted by Gasteiger charge is 2.21. The molecule has 0 saturated carbocycles. The Balaban J connectivity index is 2.51. The Bertz CT molecular complexity index is 599. The second-order valence-corrected chi connectivity index (χ2v) is 6.39. The summed E-state index contributed by atoms with van der Waals surface area (Å²) in [5.41, 5.74) is 3.53. The lowest BCUT2D eigenvalue weighted by Crippen LogP contribution is -2.30. The van der Waals surface area contributed by atoms with Crippen molar-refractivity contribution in [1.29, 1.82) is 0 Å². The van der Waals surface area contributed by atoms with E-state index < -0.39 is 0 Å². The molecule has 0 aliphatic carbocycles. The molecule has 21 heavy (non-hydrogen) atoms. The minimum absolute atomic E-state index is 0.0871. The zero-order valence-electron chi connectivity index (χ0n) is 13.7. The lowest BCUT2D eigenvalue weighted by atomic mass is 10.2. The van der Waals surface area contributed by atoms with Gasteiger partial charge in [-0.2, -0.15) is 0 Å². The van der Waals surface area contributed by atoms with Gasteiger partial charge in [0.1, 0.15) is 5.82 Å². The smallest absolute Gasteiger partial charge is 0.128 e. The molecule has 0 aliphatic rings. The highest BCUT2D eigenvalue weighted by molar-refractivity contribution is 6.20. The van der Waals surface area contributed by atoms with Crippen molar-refractivity contribution in [1.82, 2.24) is 14.5 Å². The van der Waals surface area contributed by atoms with Crippen molar-refractivity contribution in [2.24, 2.45) is 0 Å². The number of fused-ring (bicyclic) bond motifs is 1. The molecule has 0 fully saturated rings. The Morgan fingerprint density at radius 3 is 2.48 bits per heavy atom. The van der Waals surface area contributed by atoms with Crippen LogP contribution in [-0.2, 0) is 0 Å². The number of benzene rings is 1. The van der Waals surface area contributed by atoms with E-state index in [2.05, 4.69) is 55.4 Å². The predicted molar refractivity (Wildman–Crippen MR) is 91.2 cm³/mol. The largest absolute Gasteiger partial charge is 0.322 e. The molecule has 0 amide bonds. The van der Waals surface area contributed by atoms with E-state index in [4.69, 9.17) is 16.6 Å². The van der Waals surface area contributed by atoms with Crippen LogP contribution in [0.5, 0.6) is 0 Å². The number of nitrogens with zero attached hydrogens (tertiary/aromatic N) is 3. The molecule has 2 atom stereocenters. The van der Waals surface area contributed by atoms with Crippen LogP contribution in [-0.4, -0.2) is 34.1 Å². The van der Waals surface area contributed by atoms with Gasteiger partial charge in [-0.25, -0.2) is 4.98 Å². The van der Waals surface area contributed by atoms with Gasteiger partial charge in [0.05, 0.1) is 16.4 Å². The third-order valence-corrected chi connectivity index (χ3v) is 4.35. The summed E-state index contributed by atoms with van der Waals surface area (Å²) in [5.74, 6) is 0.973. The maximum Gasteiger partial charge on any atom is 0.128 e. The Labute approximate surface area is 132 Å². The zero-order valence-corrected chi connectivity index (χ0v) is 14.5. The predicted octanol–water partition coefficient (Wildman–Crippen LogP) is 4.55. The van der Waals surface area contributed by atoms with Gasteiger partial charge in [0, 0.05) is 12.6 Å². The van der Waals surface area contributed by atoms with Crippen molar-refractivity contribution in [3.63, 3.8) is 0 Å². The maximum atomic E-state index is 6.38. The lowest BCUT2D eigenvalue weighted by molar-refractivity contribution is 0.261. The molecular weight excluding hydrogens is 282 g/mol. The molecule has 2 unspecified atom stereocenters. The molecule has 0 spiro atoms. The molecule has 0 bridgehead atoms. The van der Waals surface area contributed by atoms with Gasteiger partial charge in [-0.3, -0.25) is 0 Å². The van der Waals surface area contributed by atoms with Crippen LogP contribution < -0.4 is 0 Å². The molecule has 2 rings (SSSR count). The van der Waals surface area contributed by atoms with E-state index in [0.717, 1.165) is 31.0 Å². The second kappa shape index (κ2) is 6.80. The van der Waals surface area contributed by atoms with Gasteiger partial charge >= 0.3 is 0 Å². The minimum atomic E-state index is -0.0871. The molecule has 3 nitrogen and oxygen atoms in total. The minimum Gasteiger partial charge on any atom is -0.322 e. The van der Waals surface area contributed by atoms with E-state index in [-0.39, 0.29) is 5.38 Å². The summed E-state index contributed by atoms with van der Waals surface area (Å²) in [6, 6.07) is 6.64. The van der Waals surface area contributed by atoms with Gasteiger partial charge in [0.25, 0.3) is 0 Å². The average molecular weight is 308 g/mol. The Morgan fingerprint density at radius 2 is 1.90 bits per heavy atom. The third-order valence-electron chi connectivity index (χ3n) is 4.15. The Kier molecular flexibility index (Phi) is 5.28. The molecule has 0 saturated heterocycles. The van der Waals surface area contributed by atoms with Gasteiger partial charge in [-0.15, -0.1) is 11.6 Å². The first kappa shape index (κ1) is 16.3. The second-order valence-electron chi connectivity index (χ2n) is 5.73. The van der Waals surface area contributed by atoms with E-state index in [9.17, 15) is 0 Å². The Hall–Kier alpha value is -1.06. The van der Waals surface area contributed by atoms with Crippen molar-refractivity contribution >= 4 is 22.6 Å². The van der Waals surface area contributed by atoms with E-state index in [1.165, 1.54) is 11.1 Å². The normalized spacial score (nSPS) is 14.8. The van der Waals surface area contributed by atoms with E-state index >= 15 is 0 Å². The SMILES string of the molecule is CCN(CC)CC(C)n1c(C(C)Cl)nc2cccc(C)c21. The van der Waals surface area contributed by atoms with Crippen LogP contribution in [0, 0.1) is 6.92 Å². The van der Waals surface area contributed by atoms with E-state index in [0.29, 0.717) is 6.04 Å². The number of hydrogen-bond acceptors (Lipinski definition) is 2. The number of aromatic nitrogens is 2. The fourth-order valence-corrected chi connectivity index (χ4v) is 3.16. The fourth-order valence-electron chi connectivity index (χ4n) is 3.00. The van der Waals surface area contributed by atoms with Crippen LogP contribution in [0.15, 0.2) is 18.2 Å². The third kappa shape index (κ3) is 3.24. The summed E-state index contributed by atoms with van der Waals surface area (Å²) in [5, 5.41) is -0.0871. The highest BCUT2D eigenvalue weighted by Crippen LogP contribution is 2.30. The Morgan fingerprint density at radius 1 is 1.24 bits per heavy atom. The first-order valence-electron chi connectivity index (χ1n) is 7.83. The van der Waals surface area contributed by atoms with Crippen molar-refractivity contribution < 1.29 is 0 Å². The number of likely N-dealkylation sites (N-methyl/N-ethyl adjacent to an activating group) is 1. The summed E-state index contributed by atoms with van der Waals surface area (Å²) >= 11 is 6.38. The van der Waals surface area contributed by atoms with Crippen LogP contribution in [0.2, 0.25) is 0 Å². The molecular formula is C17H26ClN3. The number of hydrogen-bond donors (Lipinski definition) is 0. The molecule has 0 N–H and O–H groups in total. The molecule has 1 heterocycles. The van der Waals surface area contributed by atoms with Gasteiger partial charge < -0.3 is 9.47 Å². The van der Waals surface area contributed by atoms with Crippen molar-refractivity contribution in [3.05, 3.63) is 29.6 Å². The zero-order chi connectivity index (χ0) is 15.6. The van der Waals surface area contributed by atoms with E-state index in [1.807, 2.05) is 6.92 Å². The number of aryl methyl sites for hydroxylation is 1. The summed E-state index contributed by atoms with van der Waals surface area (Å²) in [7, 11) is 0. The summed E-state index contributed by atoms with van der Waals surface area (Å²) in [6.07, 6.45) is 0. The number of para-hydroxylation sites is 1. The quantitative estimate of drug-likeness (QED) is 0.730. The van der Waals surface area contributed by atoms with Gasteiger partial charge in [0.2, 0.25) is 0 Å². The number of halogens is 1. The molecule has 4 heteroatoms. The van der Waals surface area contributed by atoms with Gasteiger partial charge in [-0.05, 0) is 45.5 Å². The molecule has 1 aromatic heterocycles. The number of alkyl halides is 1. The maximum absolute atomic E-state index is 6.38. The van der Waals surface area contributed by atoms with Crippen LogP contribution in [0.3, 0.4) is 0 Å². The van der Waals surface area contributed by atoms with Crippen molar-refractivity contribution in [2.45, 2.75) is 46.0 Å². The molecule has 1 aromatic carbocycles. The van der Waals surface area contributed by atoms with Crippen LogP contribution in [0.4, 0.5) is 0 Å². The number of rotatable bonds is 6. The van der Waals surface area contributed by atoms with Gasteiger partial charge in [0.15, 0.2) is 0 Å². The van der Waals surface area contributed by atoms with Crippen LogP contribution >= 0.6 is 11.6 Å². The van der Waals surface area contributed by atoms with Crippen LogP contribution in [0.25, 0.3) is 11.0 Å². The van der Waals surface area contributed by atoms with Crippen molar-refractivity contribution in [3.8, 4) is 0 Å². The lowest BCUT2D eigenvalue weighted by Gasteiger charge is -2.26. The molecule has 0 aliphatic heterocycles. The standard InChI is InChI=1S/C17H26ClN3/c1-6-20(7-2)11-13(4)21-16-12(3)9-8-10-15(16)19-17(21)14(5)18/h8-10,13-14H,6-7,11H2,1-5H3. The van der Waals surface area contributed by atoms with Crippen LogP contribution in [0.1, 0.15) is 50.5 Å². The average Bonchev–Trinajstić information content (AvgIpc) is 2.85. The molecule has 116 valence electrons. The first-order chi connectivity index (χ1) is 9.99. The monoisotopic (exact) mass is 307 g/mol. The highest BCUT2D eigenvalue weighted by atomic mass is 35.5. The molecule has 0 radical (unpaired) electrons. The van der Waals surface area contributed by atoms with Crippen molar-refractivity contribution in [2.75, 3.05) is 19.6 Å². The summed E-state index contributed by atoms with van der Waals surface area (Å²) < 4.78 is 2.33. The molecule has 2 aromatic rings. The summed E-state index contributed by atoms with van der Waals surface area (Å²) in [6.45, 7) is 14.0. The first-order valence-corrected chi connectivity index (χ1v) is 8.27. The van der Waals surface area contributed by atoms with Gasteiger partial charge in [-0.1, -0.05) is 26.0 Å². The summed E-state index contributed by atoms with van der Waals surface area (Å²) in [4.78, 5) is 7.21. The number of imidazole rings is 1. The van der Waals surface area contributed by atoms with E-state index in [1.54, 1.807) is 0 Å². The topological polar surface area (TPSA) is 21.1 Å².